The molecule has 1 aromatic rings. The molecule has 2 amide bonds. The molecule has 0 saturated heterocycles. The van der Waals surface area contributed by atoms with Gasteiger partial charge in [0.15, 0.2) is 10.9 Å². The number of anilines is 1. The maximum absolute atomic E-state index is 12.2. The van der Waals surface area contributed by atoms with Crippen molar-refractivity contribution in [3.05, 3.63) is 10.6 Å². The van der Waals surface area contributed by atoms with Gasteiger partial charge in [-0.2, -0.15) is 0 Å². The van der Waals surface area contributed by atoms with Crippen molar-refractivity contribution in [1.29, 1.82) is 0 Å². The van der Waals surface area contributed by atoms with Gasteiger partial charge in [-0.15, -0.1) is 0 Å². The maximum atomic E-state index is 12.2. The summed E-state index contributed by atoms with van der Waals surface area (Å²) in [6, 6.07) is 0. The third kappa shape index (κ3) is 4.20. The van der Waals surface area contributed by atoms with E-state index in [-0.39, 0.29) is 28.9 Å². The normalized spacial score (nSPS) is 18.8. The Balaban J connectivity index is 1.46. The smallest absolute Gasteiger partial charge is 0.226 e. The summed E-state index contributed by atoms with van der Waals surface area (Å²) in [5, 5.41) is 6.11. The lowest BCUT2D eigenvalue weighted by molar-refractivity contribution is -0.122. The number of amides is 2. The number of hydrogen-bond acceptors (Lipinski definition) is 5. The predicted octanol–water partition coefficient (Wildman–Crippen LogP) is 2.54. The number of carbonyl (C=O) groups is 3. The number of carbonyl (C=O) groups excluding carboxylic acids is 3. The average Bonchev–Trinajstić information content (AvgIpc) is 3.25. The molecule has 0 radical (unpaired) electrons. The minimum absolute atomic E-state index is 0.0702. The summed E-state index contributed by atoms with van der Waals surface area (Å²) in [5.74, 6) is 0.280. The zero-order chi connectivity index (χ0) is 17.3. The monoisotopic (exact) mass is 349 g/mol. The minimum atomic E-state index is -0.131. The van der Waals surface area contributed by atoms with Crippen LogP contribution in [-0.4, -0.2) is 29.1 Å². The highest BCUT2D eigenvalue weighted by Crippen LogP contribution is 2.38. The molecule has 24 heavy (non-hydrogen) atoms. The van der Waals surface area contributed by atoms with Gasteiger partial charge in [0.25, 0.3) is 0 Å². The van der Waals surface area contributed by atoms with E-state index in [1.165, 1.54) is 11.3 Å². The van der Waals surface area contributed by atoms with E-state index in [0.717, 1.165) is 25.0 Å². The van der Waals surface area contributed by atoms with Gasteiger partial charge in [-0.3, -0.25) is 14.4 Å². The molecule has 7 heteroatoms. The van der Waals surface area contributed by atoms with Crippen LogP contribution in [0.5, 0.6) is 0 Å². The van der Waals surface area contributed by atoms with E-state index in [1.807, 2.05) is 0 Å². The number of thiazole rings is 1. The number of nitrogens with zero attached hydrogens (tertiary/aromatic N) is 1. The van der Waals surface area contributed by atoms with Crippen LogP contribution in [0.2, 0.25) is 0 Å². The number of nitrogens with one attached hydrogen (secondary N) is 2. The van der Waals surface area contributed by atoms with Gasteiger partial charge >= 0.3 is 0 Å². The molecule has 2 aliphatic rings. The molecule has 6 nitrogen and oxygen atoms in total. The third-order valence-corrected chi connectivity index (χ3v) is 5.36. The van der Waals surface area contributed by atoms with Crippen LogP contribution in [-0.2, 0) is 16.0 Å². The van der Waals surface area contributed by atoms with Gasteiger partial charge in [0, 0.05) is 25.3 Å². The van der Waals surface area contributed by atoms with Crippen molar-refractivity contribution in [1.82, 2.24) is 10.3 Å². The lowest BCUT2D eigenvalue weighted by Gasteiger charge is -2.26. The van der Waals surface area contributed by atoms with Crippen LogP contribution in [0.15, 0.2) is 0 Å². The van der Waals surface area contributed by atoms with E-state index >= 15 is 0 Å². The predicted molar refractivity (Wildman–Crippen MR) is 92.1 cm³/mol. The van der Waals surface area contributed by atoms with Gasteiger partial charge in [0.05, 0.1) is 10.6 Å². The lowest BCUT2D eigenvalue weighted by atomic mass is 9.78. The Morgan fingerprint density at radius 2 is 2.04 bits per heavy atom. The summed E-state index contributed by atoms with van der Waals surface area (Å²) in [6.07, 6.45) is 4.17. The summed E-state index contributed by atoms with van der Waals surface area (Å²) in [5.41, 5.74) is 0.729. The topological polar surface area (TPSA) is 88.2 Å². The first-order chi connectivity index (χ1) is 11.3. The Hall–Kier alpha value is -1.76. The number of hydrogen-bond donors (Lipinski definition) is 2. The van der Waals surface area contributed by atoms with Crippen LogP contribution >= 0.6 is 11.3 Å². The molecule has 3 rings (SSSR count). The minimum Gasteiger partial charge on any atom is -0.356 e. The highest BCUT2D eigenvalue weighted by atomic mass is 32.1. The first-order valence-electron chi connectivity index (χ1n) is 8.44. The molecule has 0 aromatic carbocycles. The van der Waals surface area contributed by atoms with E-state index in [4.69, 9.17) is 0 Å². The van der Waals surface area contributed by atoms with Crippen LogP contribution < -0.4 is 10.6 Å². The number of fused-ring (bicyclic) bond motifs is 1. The highest BCUT2D eigenvalue weighted by Gasteiger charge is 2.34. The molecule has 0 spiro atoms. The average molecular weight is 349 g/mol. The van der Waals surface area contributed by atoms with Crippen LogP contribution in [0.1, 0.15) is 61.3 Å². The van der Waals surface area contributed by atoms with Crippen molar-refractivity contribution in [2.75, 3.05) is 11.9 Å². The van der Waals surface area contributed by atoms with Crippen molar-refractivity contribution < 1.29 is 14.4 Å². The molecule has 0 unspecified atom stereocenters. The largest absolute Gasteiger partial charge is 0.356 e. The van der Waals surface area contributed by atoms with Crippen molar-refractivity contribution in [3.8, 4) is 0 Å². The van der Waals surface area contributed by atoms with Gasteiger partial charge < -0.3 is 10.6 Å². The van der Waals surface area contributed by atoms with E-state index in [2.05, 4.69) is 29.5 Å². The number of rotatable bonds is 6. The molecule has 1 fully saturated rings. The molecular formula is C17H23N3O3S. The standard InChI is InChI=1S/C17H23N3O3S/c1-17(2)8-11-14(12(21)9-17)24-16(19-11)20-13(22)4-3-7-18-15(23)10-5-6-10/h10H,3-9H2,1-2H3,(H,18,23)(H,19,20,22). The van der Waals surface area contributed by atoms with E-state index < -0.39 is 0 Å². The highest BCUT2D eigenvalue weighted by molar-refractivity contribution is 7.17. The zero-order valence-electron chi connectivity index (χ0n) is 14.1. The fourth-order valence-corrected chi connectivity index (χ4v) is 3.84. The van der Waals surface area contributed by atoms with Crippen molar-refractivity contribution in [2.45, 2.75) is 52.4 Å². The fraction of sp³-hybridized carbons (Fsp3) is 0.647. The number of Topliss-reactive ketones (excluding diaryl/α,β-unsaturated/α-hetero) is 1. The van der Waals surface area contributed by atoms with Crippen molar-refractivity contribution in [3.63, 3.8) is 0 Å². The van der Waals surface area contributed by atoms with Gasteiger partial charge in [-0.05, 0) is 31.1 Å². The Morgan fingerprint density at radius 3 is 2.75 bits per heavy atom. The Bertz CT molecular complexity index is 677. The molecule has 1 aromatic heterocycles. The Labute approximate surface area is 145 Å². The Kier molecular flexibility index (Phi) is 4.71. The molecule has 1 heterocycles. The molecule has 130 valence electrons. The maximum Gasteiger partial charge on any atom is 0.226 e. The zero-order valence-corrected chi connectivity index (χ0v) is 14.9. The second-order valence-corrected chi connectivity index (χ2v) is 8.45. The third-order valence-electron chi connectivity index (χ3n) is 4.31. The molecule has 2 aliphatic carbocycles. The number of aromatic nitrogens is 1. The summed E-state index contributed by atoms with van der Waals surface area (Å²) >= 11 is 1.27. The van der Waals surface area contributed by atoms with Crippen LogP contribution in [0.4, 0.5) is 5.13 Å². The summed E-state index contributed by atoms with van der Waals surface area (Å²) in [7, 11) is 0. The van der Waals surface area contributed by atoms with E-state index in [0.29, 0.717) is 35.8 Å². The second kappa shape index (κ2) is 6.63. The number of ketones is 1. The van der Waals surface area contributed by atoms with Gasteiger partial charge in [0.1, 0.15) is 0 Å². The molecule has 0 atom stereocenters. The summed E-state index contributed by atoms with van der Waals surface area (Å²) < 4.78 is 0. The summed E-state index contributed by atoms with van der Waals surface area (Å²) in [4.78, 5) is 40.7. The lowest BCUT2D eigenvalue weighted by Crippen LogP contribution is -2.26. The van der Waals surface area contributed by atoms with Crippen LogP contribution in [0.3, 0.4) is 0 Å². The SMILES string of the molecule is CC1(C)CC(=O)c2sc(NC(=O)CCCNC(=O)C3CC3)nc2C1. The molecule has 1 saturated carbocycles. The molecule has 0 aliphatic heterocycles. The van der Waals surface area contributed by atoms with Crippen molar-refractivity contribution >= 4 is 34.1 Å². The second-order valence-electron chi connectivity index (χ2n) is 7.45. The van der Waals surface area contributed by atoms with Gasteiger partial charge in [-0.25, -0.2) is 4.98 Å². The molecule has 2 N–H and O–H groups in total. The van der Waals surface area contributed by atoms with E-state index in [9.17, 15) is 14.4 Å². The summed E-state index contributed by atoms with van der Waals surface area (Å²) in [6.45, 7) is 4.63. The van der Waals surface area contributed by atoms with Crippen LogP contribution in [0.25, 0.3) is 0 Å². The quantitative estimate of drug-likeness (QED) is 0.773. The van der Waals surface area contributed by atoms with Crippen molar-refractivity contribution in [2.24, 2.45) is 11.3 Å². The first-order valence-corrected chi connectivity index (χ1v) is 9.26. The molecular weight excluding hydrogens is 326 g/mol. The Morgan fingerprint density at radius 1 is 1.29 bits per heavy atom. The fourth-order valence-electron chi connectivity index (χ4n) is 2.91. The first kappa shape index (κ1) is 17.1. The van der Waals surface area contributed by atoms with E-state index in [1.54, 1.807) is 0 Å². The van der Waals surface area contributed by atoms with Crippen LogP contribution in [0, 0.1) is 11.3 Å². The molecule has 0 bridgehead atoms. The van der Waals surface area contributed by atoms with Gasteiger partial charge in [0.2, 0.25) is 11.8 Å². The van der Waals surface area contributed by atoms with Gasteiger partial charge in [-0.1, -0.05) is 25.2 Å².